The molecule has 0 bridgehead atoms. The van der Waals surface area contributed by atoms with Crippen LogP contribution in [0.3, 0.4) is 0 Å². The average Bonchev–Trinajstić information content (AvgIpc) is 2.71. The Balaban J connectivity index is 0.00000420. The second-order valence-electron chi connectivity index (χ2n) is 7.39. The molecule has 8 heteroatoms. The van der Waals surface area contributed by atoms with Crippen LogP contribution < -0.4 is 15.4 Å². The summed E-state index contributed by atoms with van der Waals surface area (Å²) < 4.78 is 11.6. The highest BCUT2D eigenvalue weighted by molar-refractivity contribution is 14.0. The lowest BCUT2D eigenvalue weighted by Gasteiger charge is -2.41. The van der Waals surface area contributed by atoms with E-state index in [1.54, 1.807) is 0 Å². The van der Waals surface area contributed by atoms with Crippen LogP contribution in [0.5, 0.6) is 5.75 Å². The first-order valence-corrected chi connectivity index (χ1v) is 10.6. The number of benzene rings is 1. The number of para-hydroxylation sites is 1. The van der Waals surface area contributed by atoms with Crippen LogP contribution in [0.2, 0.25) is 5.02 Å². The van der Waals surface area contributed by atoms with Crippen LogP contribution in [0.25, 0.3) is 0 Å². The van der Waals surface area contributed by atoms with Gasteiger partial charge in [0.1, 0.15) is 11.9 Å². The molecule has 6 nitrogen and oxygen atoms in total. The van der Waals surface area contributed by atoms with E-state index in [9.17, 15) is 0 Å². The average molecular weight is 539 g/mol. The molecule has 0 aromatic heterocycles. The number of guanidine groups is 1. The number of hydrogen-bond acceptors (Lipinski definition) is 4. The van der Waals surface area contributed by atoms with Gasteiger partial charge >= 0.3 is 0 Å². The highest BCUT2D eigenvalue weighted by Crippen LogP contribution is 2.26. The third kappa shape index (κ3) is 8.11. The van der Waals surface area contributed by atoms with Crippen LogP contribution in [0.1, 0.15) is 33.1 Å². The van der Waals surface area contributed by atoms with Crippen molar-refractivity contribution in [2.24, 2.45) is 4.99 Å². The Morgan fingerprint density at radius 3 is 2.52 bits per heavy atom. The van der Waals surface area contributed by atoms with E-state index in [1.165, 1.54) is 0 Å². The second-order valence-corrected chi connectivity index (χ2v) is 7.79. The maximum absolute atomic E-state index is 6.22. The van der Waals surface area contributed by atoms with Crippen LogP contribution in [0, 0.1) is 0 Å². The topological polar surface area (TPSA) is 58.1 Å². The van der Waals surface area contributed by atoms with Gasteiger partial charge in [-0.25, -0.2) is 0 Å². The molecule has 1 aliphatic heterocycles. The summed E-state index contributed by atoms with van der Waals surface area (Å²) in [7, 11) is 4.26. The summed E-state index contributed by atoms with van der Waals surface area (Å²) in [5, 5.41) is 7.40. The fourth-order valence-electron chi connectivity index (χ4n) is 3.27. The molecule has 2 rings (SSSR count). The van der Waals surface area contributed by atoms with Gasteiger partial charge in [-0.3, -0.25) is 4.99 Å². The Morgan fingerprint density at radius 2 is 1.93 bits per heavy atom. The molecule has 1 aromatic rings. The second kappa shape index (κ2) is 13.5. The number of halogens is 2. The minimum absolute atomic E-state index is 0. The molecule has 0 aliphatic carbocycles. The summed E-state index contributed by atoms with van der Waals surface area (Å²) >= 11 is 6.22. The third-order valence-corrected chi connectivity index (χ3v) is 5.64. The quantitative estimate of drug-likeness (QED) is 0.285. The van der Waals surface area contributed by atoms with Gasteiger partial charge in [-0.15, -0.1) is 24.0 Å². The van der Waals surface area contributed by atoms with E-state index >= 15 is 0 Å². The normalized spacial score (nSPS) is 17.4. The van der Waals surface area contributed by atoms with Crippen LogP contribution in [-0.2, 0) is 4.74 Å². The molecule has 1 saturated heterocycles. The van der Waals surface area contributed by atoms with E-state index in [0.29, 0.717) is 17.3 Å². The van der Waals surface area contributed by atoms with Crippen molar-refractivity contribution in [2.45, 2.75) is 44.8 Å². The largest absolute Gasteiger partial charge is 0.487 e. The minimum atomic E-state index is 0. The molecule has 0 spiro atoms. The van der Waals surface area contributed by atoms with Gasteiger partial charge in [0.15, 0.2) is 5.96 Å². The summed E-state index contributed by atoms with van der Waals surface area (Å²) in [5.74, 6) is 1.53. The lowest BCUT2D eigenvalue weighted by atomic mass is 9.89. The van der Waals surface area contributed by atoms with Crippen LogP contribution >= 0.6 is 35.6 Å². The van der Waals surface area contributed by atoms with Gasteiger partial charge < -0.3 is 25.0 Å². The van der Waals surface area contributed by atoms with Gasteiger partial charge in [0.25, 0.3) is 0 Å². The SMILES string of the molecule is CCNC(=NCC1(N(C)C)CCOCC1)NCC(CC)Oc1ccccc1Cl.I. The molecule has 0 amide bonds. The Bertz CT molecular complexity index is 624. The van der Waals surface area contributed by atoms with Crippen molar-refractivity contribution >= 4 is 41.5 Å². The number of nitrogens with zero attached hydrogens (tertiary/aromatic N) is 2. The summed E-state index contributed by atoms with van der Waals surface area (Å²) in [6.45, 7) is 7.97. The maximum Gasteiger partial charge on any atom is 0.191 e. The van der Waals surface area contributed by atoms with Crippen molar-refractivity contribution in [2.75, 3.05) is 46.9 Å². The van der Waals surface area contributed by atoms with Crippen molar-refractivity contribution in [3.63, 3.8) is 0 Å². The van der Waals surface area contributed by atoms with Gasteiger partial charge in [-0.2, -0.15) is 0 Å². The van der Waals surface area contributed by atoms with Crippen molar-refractivity contribution in [3.8, 4) is 5.75 Å². The molecule has 2 N–H and O–H groups in total. The van der Waals surface area contributed by atoms with Crippen LogP contribution in [0.4, 0.5) is 0 Å². The molecule has 29 heavy (non-hydrogen) atoms. The fraction of sp³-hybridized carbons (Fsp3) is 0.667. The predicted octanol–water partition coefficient (Wildman–Crippen LogP) is 3.78. The van der Waals surface area contributed by atoms with E-state index in [1.807, 2.05) is 24.3 Å². The Morgan fingerprint density at radius 1 is 1.24 bits per heavy atom. The van der Waals surface area contributed by atoms with Crippen LogP contribution in [-0.4, -0.2) is 69.4 Å². The Labute approximate surface area is 197 Å². The van der Waals surface area contributed by atoms with Gasteiger partial charge in [-0.1, -0.05) is 30.7 Å². The van der Waals surface area contributed by atoms with Crippen molar-refractivity contribution in [3.05, 3.63) is 29.3 Å². The summed E-state index contributed by atoms with van der Waals surface area (Å²) in [6.07, 6.45) is 2.87. The van der Waals surface area contributed by atoms with E-state index in [-0.39, 0.29) is 35.6 Å². The fourth-order valence-corrected chi connectivity index (χ4v) is 3.45. The highest BCUT2D eigenvalue weighted by Gasteiger charge is 2.34. The molecular formula is C21H36ClIN4O2. The van der Waals surface area contributed by atoms with E-state index in [2.05, 4.69) is 43.5 Å². The van der Waals surface area contributed by atoms with Crippen molar-refractivity contribution < 1.29 is 9.47 Å². The van der Waals surface area contributed by atoms with E-state index < -0.39 is 0 Å². The van der Waals surface area contributed by atoms with Gasteiger partial charge in [0.05, 0.1) is 18.1 Å². The number of rotatable bonds is 9. The maximum atomic E-state index is 6.22. The number of hydrogen-bond donors (Lipinski definition) is 2. The summed E-state index contributed by atoms with van der Waals surface area (Å²) in [6, 6.07) is 7.58. The Hall–Kier alpha value is -0.770. The number of aliphatic imine (C=N–C) groups is 1. The predicted molar refractivity (Wildman–Crippen MR) is 132 cm³/mol. The van der Waals surface area contributed by atoms with Crippen molar-refractivity contribution in [1.82, 2.24) is 15.5 Å². The molecular weight excluding hydrogens is 503 g/mol. The zero-order valence-electron chi connectivity index (χ0n) is 18.0. The summed E-state index contributed by atoms with van der Waals surface area (Å²) in [4.78, 5) is 7.17. The molecule has 1 aromatic carbocycles. The number of ether oxygens (including phenoxy) is 2. The molecule has 166 valence electrons. The molecule has 1 aliphatic rings. The molecule has 1 unspecified atom stereocenters. The monoisotopic (exact) mass is 538 g/mol. The Kier molecular flexibility index (Phi) is 12.2. The summed E-state index contributed by atoms with van der Waals surface area (Å²) in [5.41, 5.74) is 0.0544. The molecule has 1 fully saturated rings. The van der Waals surface area contributed by atoms with E-state index in [0.717, 1.165) is 51.5 Å². The lowest BCUT2D eigenvalue weighted by molar-refractivity contribution is -0.00255. The van der Waals surface area contributed by atoms with Gasteiger partial charge in [0.2, 0.25) is 0 Å². The molecule has 1 atom stereocenters. The molecule has 1 heterocycles. The highest BCUT2D eigenvalue weighted by atomic mass is 127. The van der Waals surface area contributed by atoms with Crippen LogP contribution in [0.15, 0.2) is 29.3 Å². The first-order chi connectivity index (χ1) is 13.5. The first-order valence-electron chi connectivity index (χ1n) is 10.2. The number of likely N-dealkylation sites (N-methyl/N-ethyl adjacent to an activating group) is 1. The first kappa shape index (κ1) is 26.3. The smallest absolute Gasteiger partial charge is 0.191 e. The lowest BCUT2D eigenvalue weighted by Crippen LogP contribution is -2.52. The standard InChI is InChI=1S/C21H35ClN4O2.HI/c1-5-17(28-19-10-8-7-9-18(19)22)15-24-20(23-6-2)25-16-21(26(3)4)11-13-27-14-12-21;/h7-10,17H,5-6,11-16H2,1-4H3,(H2,23,24,25);1H. The molecule has 0 saturated carbocycles. The third-order valence-electron chi connectivity index (χ3n) is 5.33. The van der Waals surface area contributed by atoms with Gasteiger partial charge in [-0.05, 0) is 52.4 Å². The van der Waals surface area contributed by atoms with E-state index in [4.69, 9.17) is 26.1 Å². The molecule has 0 radical (unpaired) electrons. The minimum Gasteiger partial charge on any atom is -0.487 e. The zero-order valence-corrected chi connectivity index (χ0v) is 21.1. The van der Waals surface area contributed by atoms with Gasteiger partial charge in [0, 0.05) is 25.3 Å². The van der Waals surface area contributed by atoms with Crippen molar-refractivity contribution in [1.29, 1.82) is 0 Å². The number of nitrogens with one attached hydrogen (secondary N) is 2. The zero-order chi connectivity index (χ0) is 20.4.